The average Bonchev–Trinajstić information content (AvgIpc) is 2.16. The van der Waals surface area contributed by atoms with E-state index in [0.717, 1.165) is 15.0 Å². The number of amides is 1. The van der Waals surface area contributed by atoms with Gasteiger partial charge in [-0.25, -0.2) is 5.84 Å². The highest BCUT2D eigenvalue weighted by Crippen LogP contribution is 2.15. The lowest BCUT2D eigenvalue weighted by atomic mass is 10.1. The summed E-state index contributed by atoms with van der Waals surface area (Å²) in [5.74, 6) is 4.99. The molecule has 1 amide bonds. The zero-order valence-corrected chi connectivity index (χ0v) is 9.36. The van der Waals surface area contributed by atoms with Crippen molar-refractivity contribution in [3.63, 3.8) is 0 Å². The van der Waals surface area contributed by atoms with Crippen LogP contribution in [0.25, 0.3) is 0 Å². The monoisotopic (exact) mass is 257 g/mol. The Bertz CT molecular complexity index is 323. The van der Waals surface area contributed by atoms with E-state index >= 15 is 0 Å². The minimum atomic E-state index is -0.696. The van der Waals surface area contributed by atoms with Gasteiger partial charge in [-0.3, -0.25) is 9.80 Å². The van der Waals surface area contributed by atoms with Crippen LogP contribution in [0.2, 0.25) is 0 Å². The van der Waals surface area contributed by atoms with Crippen molar-refractivity contribution in [2.75, 3.05) is 7.05 Å². The second-order valence-electron chi connectivity index (χ2n) is 2.98. The lowest BCUT2D eigenvalue weighted by molar-refractivity contribution is -0.131. The third kappa shape index (κ3) is 2.54. The summed E-state index contributed by atoms with van der Waals surface area (Å²) in [6.07, 6.45) is 0. The molecule has 4 nitrogen and oxygen atoms in total. The minimum absolute atomic E-state index is 0.313. The van der Waals surface area contributed by atoms with Gasteiger partial charge >= 0.3 is 0 Å². The van der Waals surface area contributed by atoms with Gasteiger partial charge < -0.3 is 5.73 Å². The third-order valence-electron chi connectivity index (χ3n) is 1.84. The highest BCUT2D eigenvalue weighted by molar-refractivity contribution is 9.10. The number of halogens is 1. The maximum atomic E-state index is 11.4. The van der Waals surface area contributed by atoms with Crippen LogP contribution in [0.1, 0.15) is 11.6 Å². The normalized spacial score (nSPS) is 12.3. The van der Waals surface area contributed by atoms with Gasteiger partial charge in [0.2, 0.25) is 0 Å². The van der Waals surface area contributed by atoms with E-state index in [4.69, 9.17) is 11.6 Å². The van der Waals surface area contributed by atoms with E-state index in [2.05, 4.69) is 15.9 Å². The lowest BCUT2D eigenvalue weighted by Gasteiger charge is -2.16. The summed E-state index contributed by atoms with van der Waals surface area (Å²) in [5, 5.41) is 0.993. The number of benzene rings is 1. The van der Waals surface area contributed by atoms with Gasteiger partial charge in [0.25, 0.3) is 5.91 Å². The molecule has 4 N–H and O–H groups in total. The largest absolute Gasteiger partial charge is 0.316 e. The second kappa shape index (κ2) is 4.54. The van der Waals surface area contributed by atoms with Gasteiger partial charge in [-0.2, -0.15) is 0 Å². The molecule has 1 atom stereocenters. The molecule has 0 saturated carbocycles. The molecule has 0 aliphatic heterocycles. The Labute approximate surface area is 91.0 Å². The van der Waals surface area contributed by atoms with Gasteiger partial charge in [0.1, 0.15) is 6.04 Å². The first-order valence-electron chi connectivity index (χ1n) is 4.05. The molecule has 1 aromatic rings. The Morgan fingerprint density at radius 2 is 1.93 bits per heavy atom. The van der Waals surface area contributed by atoms with Crippen molar-refractivity contribution in [3.8, 4) is 0 Å². The smallest absolute Gasteiger partial charge is 0.257 e. The molecule has 5 heteroatoms. The van der Waals surface area contributed by atoms with Crippen molar-refractivity contribution < 1.29 is 4.79 Å². The summed E-state index contributed by atoms with van der Waals surface area (Å²) in [6.45, 7) is 0. The standard InChI is InChI=1S/C9H12BrN3O/c1-13(12)9(14)8(11)6-2-4-7(10)5-3-6/h2-5,8H,11-12H2,1H3. The van der Waals surface area contributed by atoms with Crippen molar-refractivity contribution in [2.45, 2.75) is 6.04 Å². The molecule has 1 aromatic carbocycles. The molecule has 0 bridgehead atoms. The quantitative estimate of drug-likeness (QED) is 0.467. The molecule has 0 spiro atoms. The molecule has 76 valence electrons. The van der Waals surface area contributed by atoms with E-state index in [1.807, 2.05) is 12.1 Å². The number of likely N-dealkylation sites (N-methyl/N-ethyl adjacent to an activating group) is 1. The van der Waals surface area contributed by atoms with E-state index in [-0.39, 0.29) is 5.91 Å². The fraction of sp³-hybridized carbons (Fsp3) is 0.222. The highest BCUT2D eigenvalue weighted by Gasteiger charge is 2.17. The van der Waals surface area contributed by atoms with Crippen molar-refractivity contribution in [3.05, 3.63) is 34.3 Å². The van der Waals surface area contributed by atoms with E-state index in [1.54, 1.807) is 12.1 Å². The number of carbonyl (C=O) groups excluding carboxylic acids is 1. The molecule has 0 fully saturated rings. The van der Waals surface area contributed by atoms with Crippen LogP contribution in [-0.2, 0) is 4.79 Å². The molecule has 14 heavy (non-hydrogen) atoms. The number of hydrogen-bond donors (Lipinski definition) is 2. The van der Waals surface area contributed by atoms with Crippen LogP contribution in [0.15, 0.2) is 28.7 Å². The molecule has 0 saturated heterocycles. The van der Waals surface area contributed by atoms with E-state index < -0.39 is 6.04 Å². The average molecular weight is 258 g/mol. The minimum Gasteiger partial charge on any atom is -0.316 e. The van der Waals surface area contributed by atoms with Crippen molar-refractivity contribution >= 4 is 21.8 Å². The second-order valence-corrected chi connectivity index (χ2v) is 3.89. The van der Waals surface area contributed by atoms with Crippen LogP contribution in [0.5, 0.6) is 0 Å². The van der Waals surface area contributed by atoms with Gasteiger partial charge in [0.05, 0.1) is 0 Å². The summed E-state index contributed by atoms with van der Waals surface area (Å²) >= 11 is 3.30. The Morgan fingerprint density at radius 3 is 2.36 bits per heavy atom. The number of carbonyl (C=O) groups is 1. The number of hydrogen-bond acceptors (Lipinski definition) is 3. The number of nitrogens with zero attached hydrogens (tertiary/aromatic N) is 1. The Hall–Kier alpha value is -0.910. The molecule has 0 heterocycles. The first-order valence-corrected chi connectivity index (χ1v) is 4.85. The zero-order chi connectivity index (χ0) is 10.7. The Balaban J connectivity index is 2.84. The molecular weight excluding hydrogens is 246 g/mol. The molecule has 0 aromatic heterocycles. The summed E-state index contributed by atoms with van der Waals surface area (Å²) in [5.41, 5.74) is 6.45. The van der Waals surface area contributed by atoms with E-state index in [1.165, 1.54) is 7.05 Å². The molecule has 0 radical (unpaired) electrons. The van der Waals surface area contributed by atoms with Gasteiger partial charge in [-0.15, -0.1) is 0 Å². The summed E-state index contributed by atoms with van der Waals surface area (Å²) in [7, 11) is 1.47. The van der Waals surface area contributed by atoms with Crippen LogP contribution in [0, 0.1) is 0 Å². The fourth-order valence-electron chi connectivity index (χ4n) is 1.03. The first-order chi connectivity index (χ1) is 6.52. The van der Waals surface area contributed by atoms with E-state index in [9.17, 15) is 4.79 Å². The van der Waals surface area contributed by atoms with Crippen LogP contribution in [-0.4, -0.2) is 18.0 Å². The topological polar surface area (TPSA) is 72.3 Å². The maximum Gasteiger partial charge on any atom is 0.257 e. The number of nitrogens with two attached hydrogens (primary N) is 2. The van der Waals surface area contributed by atoms with Crippen molar-refractivity contribution in [1.29, 1.82) is 0 Å². The van der Waals surface area contributed by atoms with Gasteiger partial charge in [-0.1, -0.05) is 28.1 Å². The van der Waals surface area contributed by atoms with Gasteiger partial charge in [0, 0.05) is 11.5 Å². The molecule has 0 aliphatic rings. The number of rotatable bonds is 2. The zero-order valence-electron chi connectivity index (χ0n) is 7.77. The molecule has 1 unspecified atom stereocenters. The van der Waals surface area contributed by atoms with E-state index in [0.29, 0.717) is 0 Å². The predicted molar refractivity (Wildman–Crippen MR) is 58.0 cm³/mol. The Kier molecular flexibility index (Phi) is 3.62. The van der Waals surface area contributed by atoms with Crippen LogP contribution >= 0.6 is 15.9 Å². The molecule has 0 aliphatic carbocycles. The Morgan fingerprint density at radius 1 is 1.43 bits per heavy atom. The van der Waals surface area contributed by atoms with Crippen molar-refractivity contribution in [1.82, 2.24) is 5.01 Å². The first kappa shape index (κ1) is 11.2. The van der Waals surface area contributed by atoms with Crippen LogP contribution in [0.4, 0.5) is 0 Å². The number of hydrazine groups is 1. The maximum absolute atomic E-state index is 11.4. The van der Waals surface area contributed by atoms with Crippen molar-refractivity contribution in [2.24, 2.45) is 11.6 Å². The molecule has 1 rings (SSSR count). The fourth-order valence-corrected chi connectivity index (χ4v) is 1.30. The van der Waals surface area contributed by atoms with Gasteiger partial charge in [-0.05, 0) is 17.7 Å². The van der Waals surface area contributed by atoms with Crippen LogP contribution in [0.3, 0.4) is 0 Å². The van der Waals surface area contributed by atoms with Gasteiger partial charge in [0.15, 0.2) is 0 Å². The molecular formula is C9H12BrN3O. The SMILES string of the molecule is CN(N)C(=O)C(N)c1ccc(Br)cc1. The highest BCUT2D eigenvalue weighted by atomic mass is 79.9. The summed E-state index contributed by atoms with van der Waals surface area (Å²) in [4.78, 5) is 11.4. The summed E-state index contributed by atoms with van der Waals surface area (Å²) < 4.78 is 0.946. The lowest BCUT2D eigenvalue weighted by Crippen LogP contribution is -2.40. The summed E-state index contributed by atoms with van der Waals surface area (Å²) in [6, 6.07) is 6.54. The third-order valence-corrected chi connectivity index (χ3v) is 2.37. The van der Waals surface area contributed by atoms with Crippen LogP contribution < -0.4 is 11.6 Å². The predicted octanol–water partition coefficient (Wildman–Crippen LogP) is 0.781.